The first kappa shape index (κ1) is 13.9. The van der Waals surface area contributed by atoms with Crippen LogP contribution in [0.15, 0.2) is 24.5 Å². The van der Waals surface area contributed by atoms with E-state index < -0.39 is 11.6 Å². The number of nitrogens with zero attached hydrogens (tertiary/aromatic N) is 3. The molecule has 0 N–H and O–H groups in total. The molecule has 0 unspecified atom stereocenters. The van der Waals surface area contributed by atoms with Crippen molar-refractivity contribution in [3.8, 4) is 0 Å². The average molecular weight is 303 g/mol. The van der Waals surface area contributed by atoms with Gasteiger partial charge >= 0.3 is 0 Å². The fraction of sp³-hybridized carbons (Fsp3) is 0.471. The fourth-order valence-electron chi connectivity index (χ4n) is 3.39. The van der Waals surface area contributed by atoms with Gasteiger partial charge in [0.15, 0.2) is 0 Å². The van der Waals surface area contributed by atoms with Crippen LogP contribution >= 0.6 is 0 Å². The third kappa shape index (κ3) is 2.33. The summed E-state index contributed by atoms with van der Waals surface area (Å²) in [5.41, 5.74) is 2.99. The molecule has 3 nitrogen and oxygen atoms in total. The molecule has 5 heteroatoms. The Labute approximate surface area is 128 Å². The van der Waals surface area contributed by atoms with E-state index in [1.807, 2.05) is 13.3 Å². The summed E-state index contributed by atoms with van der Waals surface area (Å²) in [4.78, 5) is 6.76. The maximum atomic E-state index is 14.0. The number of fused-ring (bicyclic) bond motifs is 1. The van der Waals surface area contributed by atoms with Crippen molar-refractivity contribution in [2.75, 3.05) is 6.54 Å². The SMILES string of the molecule is C[C@H](c1ccc(F)cc1F)N1CCc2c(ncn2C2CC2)C1. The lowest BCUT2D eigenvalue weighted by Crippen LogP contribution is -2.34. The van der Waals surface area contributed by atoms with Crippen LogP contribution < -0.4 is 0 Å². The minimum atomic E-state index is -0.530. The van der Waals surface area contributed by atoms with Gasteiger partial charge in [0.25, 0.3) is 0 Å². The molecule has 1 saturated carbocycles. The van der Waals surface area contributed by atoms with Crippen LogP contribution in [-0.2, 0) is 13.0 Å². The molecule has 0 spiro atoms. The zero-order valence-electron chi connectivity index (χ0n) is 12.6. The zero-order valence-corrected chi connectivity index (χ0v) is 12.6. The Balaban J connectivity index is 1.56. The number of halogens is 2. The maximum absolute atomic E-state index is 14.0. The highest BCUT2D eigenvalue weighted by Gasteiger charge is 2.31. The smallest absolute Gasteiger partial charge is 0.130 e. The predicted octanol–water partition coefficient (Wildman–Crippen LogP) is 3.62. The number of hydrogen-bond acceptors (Lipinski definition) is 2. The summed E-state index contributed by atoms with van der Waals surface area (Å²) < 4.78 is 29.4. The lowest BCUT2D eigenvalue weighted by atomic mass is 10.0. The van der Waals surface area contributed by atoms with Gasteiger partial charge in [-0.2, -0.15) is 0 Å². The summed E-state index contributed by atoms with van der Waals surface area (Å²) in [6.07, 6.45) is 5.40. The average Bonchev–Trinajstić information content (AvgIpc) is 3.26. The fourth-order valence-corrected chi connectivity index (χ4v) is 3.39. The molecule has 1 fully saturated rings. The quantitative estimate of drug-likeness (QED) is 0.863. The van der Waals surface area contributed by atoms with Crippen LogP contribution in [0.5, 0.6) is 0 Å². The molecule has 0 bridgehead atoms. The molecular formula is C17H19F2N3. The van der Waals surface area contributed by atoms with Gasteiger partial charge in [-0.25, -0.2) is 13.8 Å². The van der Waals surface area contributed by atoms with Crippen LogP contribution in [0.4, 0.5) is 8.78 Å². The van der Waals surface area contributed by atoms with E-state index >= 15 is 0 Å². The molecule has 116 valence electrons. The second kappa shape index (κ2) is 5.16. The summed E-state index contributed by atoms with van der Waals surface area (Å²) in [5.74, 6) is -1.00. The van der Waals surface area contributed by atoms with Crippen molar-refractivity contribution in [1.82, 2.24) is 14.5 Å². The third-order valence-corrected chi connectivity index (χ3v) is 4.87. The first-order valence-corrected chi connectivity index (χ1v) is 7.87. The van der Waals surface area contributed by atoms with E-state index in [0.717, 1.165) is 31.3 Å². The number of benzene rings is 1. The number of imidazole rings is 1. The molecule has 0 radical (unpaired) electrons. The zero-order chi connectivity index (χ0) is 15.3. The topological polar surface area (TPSA) is 21.1 Å². The van der Waals surface area contributed by atoms with Crippen LogP contribution in [-0.4, -0.2) is 21.0 Å². The minimum absolute atomic E-state index is 0.0835. The van der Waals surface area contributed by atoms with Crippen molar-refractivity contribution in [2.45, 2.75) is 44.8 Å². The first-order valence-electron chi connectivity index (χ1n) is 7.87. The Hall–Kier alpha value is -1.75. The molecule has 0 saturated heterocycles. The predicted molar refractivity (Wildman–Crippen MR) is 79.4 cm³/mol. The molecule has 1 aromatic heterocycles. The van der Waals surface area contributed by atoms with Crippen LogP contribution in [0.2, 0.25) is 0 Å². The molecular weight excluding hydrogens is 284 g/mol. The van der Waals surface area contributed by atoms with E-state index in [0.29, 0.717) is 11.6 Å². The molecule has 22 heavy (non-hydrogen) atoms. The lowest BCUT2D eigenvalue weighted by Gasteiger charge is -2.32. The second-order valence-corrected chi connectivity index (χ2v) is 6.34. The van der Waals surface area contributed by atoms with Crippen LogP contribution in [0, 0.1) is 11.6 Å². The van der Waals surface area contributed by atoms with E-state index in [9.17, 15) is 8.78 Å². The number of aromatic nitrogens is 2. The Kier molecular flexibility index (Phi) is 3.26. The summed E-state index contributed by atoms with van der Waals surface area (Å²) in [5, 5.41) is 0. The molecule has 1 aromatic carbocycles. The van der Waals surface area contributed by atoms with Crippen molar-refractivity contribution in [3.05, 3.63) is 53.1 Å². The van der Waals surface area contributed by atoms with Crippen LogP contribution in [0.25, 0.3) is 0 Å². The maximum Gasteiger partial charge on any atom is 0.130 e. The van der Waals surface area contributed by atoms with Gasteiger partial charge in [-0.3, -0.25) is 4.90 Å². The van der Waals surface area contributed by atoms with Crippen molar-refractivity contribution < 1.29 is 8.78 Å². The summed E-state index contributed by atoms with van der Waals surface area (Å²) in [7, 11) is 0. The number of rotatable bonds is 3. The highest BCUT2D eigenvalue weighted by molar-refractivity contribution is 5.24. The molecule has 4 rings (SSSR count). The van der Waals surface area contributed by atoms with E-state index in [-0.39, 0.29) is 6.04 Å². The van der Waals surface area contributed by atoms with Crippen molar-refractivity contribution in [3.63, 3.8) is 0 Å². The van der Waals surface area contributed by atoms with E-state index in [1.54, 1.807) is 6.07 Å². The van der Waals surface area contributed by atoms with Crippen LogP contribution in [0.3, 0.4) is 0 Å². The Bertz CT molecular complexity index is 706. The normalized spacial score (nSPS) is 20.0. The molecule has 1 aliphatic carbocycles. The third-order valence-electron chi connectivity index (χ3n) is 4.87. The highest BCUT2D eigenvalue weighted by atomic mass is 19.1. The van der Waals surface area contributed by atoms with Crippen LogP contribution in [0.1, 0.15) is 48.8 Å². The molecule has 1 aliphatic heterocycles. The summed E-state index contributed by atoms with van der Waals surface area (Å²) in [6, 6.07) is 4.40. The molecule has 2 heterocycles. The van der Waals surface area contributed by atoms with E-state index in [4.69, 9.17) is 0 Å². The Morgan fingerprint density at radius 3 is 2.82 bits per heavy atom. The highest BCUT2D eigenvalue weighted by Crippen LogP contribution is 2.38. The van der Waals surface area contributed by atoms with Gasteiger partial charge in [-0.15, -0.1) is 0 Å². The minimum Gasteiger partial charge on any atom is -0.331 e. The number of hydrogen-bond donors (Lipinski definition) is 0. The standard InChI is InChI=1S/C17H19F2N3/c1-11(14-5-2-12(18)8-15(14)19)21-7-6-17-16(9-21)20-10-22(17)13-3-4-13/h2,5,8,10-11,13H,3-4,6-7,9H2,1H3/t11-/m1/s1. The van der Waals surface area contributed by atoms with E-state index in [2.05, 4.69) is 14.5 Å². The summed E-state index contributed by atoms with van der Waals surface area (Å²) >= 11 is 0. The van der Waals surface area contributed by atoms with Gasteiger partial charge in [-0.1, -0.05) is 6.07 Å². The largest absolute Gasteiger partial charge is 0.331 e. The van der Waals surface area contributed by atoms with Gasteiger partial charge in [-0.05, 0) is 25.8 Å². The van der Waals surface area contributed by atoms with Gasteiger partial charge in [0, 0.05) is 48.9 Å². The second-order valence-electron chi connectivity index (χ2n) is 6.34. The van der Waals surface area contributed by atoms with Crippen molar-refractivity contribution >= 4 is 0 Å². The van der Waals surface area contributed by atoms with E-state index in [1.165, 1.54) is 24.6 Å². The molecule has 2 aliphatic rings. The summed E-state index contributed by atoms with van der Waals surface area (Å²) in [6.45, 7) is 3.58. The molecule has 1 atom stereocenters. The Morgan fingerprint density at radius 1 is 1.27 bits per heavy atom. The Morgan fingerprint density at radius 2 is 2.09 bits per heavy atom. The first-order chi connectivity index (χ1) is 10.6. The lowest BCUT2D eigenvalue weighted by molar-refractivity contribution is 0.184. The van der Waals surface area contributed by atoms with Gasteiger partial charge in [0.2, 0.25) is 0 Å². The molecule has 2 aromatic rings. The van der Waals surface area contributed by atoms with Gasteiger partial charge in [0.1, 0.15) is 11.6 Å². The van der Waals surface area contributed by atoms with Crippen molar-refractivity contribution in [2.24, 2.45) is 0 Å². The van der Waals surface area contributed by atoms with Gasteiger partial charge in [0.05, 0.1) is 12.0 Å². The monoisotopic (exact) mass is 303 g/mol. The molecule has 0 amide bonds. The van der Waals surface area contributed by atoms with Gasteiger partial charge < -0.3 is 4.57 Å². The van der Waals surface area contributed by atoms with Crippen molar-refractivity contribution in [1.29, 1.82) is 0 Å².